The zero-order valence-corrected chi connectivity index (χ0v) is 13.0. The van der Waals surface area contributed by atoms with E-state index in [4.69, 9.17) is 9.89 Å². The summed E-state index contributed by atoms with van der Waals surface area (Å²) in [5.41, 5.74) is 2.07. The van der Waals surface area contributed by atoms with Gasteiger partial charge in [0, 0.05) is 17.9 Å². The Bertz CT molecular complexity index is 526. The lowest BCUT2D eigenvalue weighted by Crippen LogP contribution is -2.20. The third-order valence-corrected chi connectivity index (χ3v) is 6.49. The van der Waals surface area contributed by atoms with Crippen molar-refractivity contribution in [2.75, 3.05) is 31.3 Å². The Morgan fingerprint density at radius 2 is 2.05 bits per heavy atom. The van der Waals surface area contributed by atoms with Crippen molar-refractivity contribution in [1.82, 2.24) is 5.48 Å². The summed E-state index contributed by atoms with van der Waals surface area (Å²) >= 11 is -2.12. The molecule has 0 fully saturated rings. The minimum atomic E-state index is -3.81. The van der Waals surface area contributed by atoms with E-state index in [1.54, 1.807) is 0 Å². The Kier molecular flexibility index (Phi) is 9.32. The highest BCUT2D eigenvalue weighted by molar-refractivity contribution is 8.10. The fourth-order valence-corrected chi connectivity index (χ4v) is 5.39. The fourth-order valence-electron chi connectivity index (χ4n) is 0.841. The van der Waals surface area contributed by atoms with Crippen LogP contribution in [0.1, 0.15) is 0 Å². The van der Waals surface area contributed by atoms with E-state index in [9.17, 15) is 16.8 Å². The predicted molar refractivity (Wildman–Crippen MR) is 71.1 cm³/mol. The summed E-state index contributed by atoms with van der Waals surface area (Å²) in [5.74, 6) is -0.486. The van der Waals surface area contributed by atoms with E-state index in [1.165, 1.54) is 7.05 Å². The van der Waals surface area contributed by atoms with Gasteiger partial charge in [-0.2, -0.15) is 5.48 Å². The lowest BCUT2D eigenvalue weighted by atomic mass is 10.9. The zero-order valence-electron chi connectivity index (χ0n) is 10.5. The molecule has 0 aromatic heterocycles. The topological polar surface area (TPSA) is 152 Å². The third kappa shape index (κ3) is 10.4. The fraction of sp³-hybridized carbons (Fsp3) is 0.714. The molecular weight excluding hydrogens is 336 g/mol. The second-order valence-electron chi connectivity index (χ2n) is 3.22. The molecule has 0 saturated heterocycles. The smallest absolute Gasteiger partial charge is 0.215 e. The molecule has 0 spiro atoms. The summed E-state index contributed by atoms with van der Waals surface area (Å²) in [4.78, 5) is 4.11. The highest BCUT2D eigenvalue weighted by Gasteiger charge is 2.17. The maximum absolute atomic E-state index is 11.7. The Balaban J connectivity index is 4.51. The van der Waals surface area contributed by atoms with Crippen molar-refractivity contribution < 1.29 is 36.0 Å². The van der Waals surface area contributed by atoms with E-state index >= 15 is 0 Å². The van der Waals surface area contributed by atoms with Gasteiger partial charge < -0.3 is 9.84 Å². The molecule has 0 radical (unpaired) electrons. The van der Waals surface area contributed by atoms with Gasteiger partial charge in [-0.25, -0.2) is 21.6 Å². The van der Waals surface area contributed by atoms with Crippen molar-refractivity contribution in [1.29, 1.82) is 4.78 Å². The molecule has 0 aromatic carbocycles. The van der Waals surface area contributed by atoms with Crippen LogP contribution >= 0.6 is 0 Å². The Morgan fingerprint density at radius 1 is 1.40 bits per heavy atom. The molecule has 0 aromatic rings. The maximum Gasteiger partial charge on any atom is 0.215 e. The molecule has 0 saturated carbocycles. The number of sulfone groups is 1. The van der Waals surface area contributed by atoms with Crippen molar-refractivity contribution in [2.24, 2.45) is 0 Å². The zero-order chi connectivity index (χ0) is 15.6. The lowest BCUT2D eigenvalue weighted by molar-refractivity contribution is -0.242. The van der Waals surface area contributed by atoms with Crippen LogP contribution in [-0.4, -0.2) is 53.2 Å². The molecule has 120 valence electrons. The van der Waals surface area contributed by atoms with Crippen LogP contribution < -0.4 is 5.48 Å². The summed E-state index contributed by atoms with van der Waals surface area (Å²) in [5, 5.41) is 8.79. The normalized spacial score (nSPS) is 17.1. The van der Waals surface area contributed by atoms with Crippen LogP contribution in [0.15, 0.2) is 10.8 Å². The van der Waals surface area contributed by atoms with Gasteiger partial charge >= 0.3 is 0 Å². The molecule has 0 heterocycles. The molecular formula is C7H16N2O8S3. The first kappa shape index (κ1) is 19.6. The van der Waals surface area contributed by atoms with Gasteiger partial charge in [0.15, 0.2) is 9.84 Å². The standard InChI is InChI=1S/C7H16N2O8S3/c1-9-16-17-18(11)3-5-19(8,12)7-20(13,14)4-2-15-6-10/h3,5,8-10H,2,4,6-7H2,1H3/b5-3+. The average Bonchev–Trinajstić information content (AvgIpc) is 2.33. The SMILES string of the molecule is CNOOS(=O)/C=C/S(=N)(=O)CS(=O)(=O)CCOCO. The quantitative estimate of drug-likeness (QED) is 0.176. The van der Waals surface area contributed by atoms with E-state index in [0.717, 1.165) is 5.41 Å². The third-order valence-electron chi connectivity index (χ3n) is 1.56. The van der Waals surface area contributed by atoms with Crippen LogP contribution in [0.4, 0.5) is 0 Å². The molecule has 13 heteroatoms. The second kappa shape index (κ2) is 9.51. The van der Waals surface area contributed by atoms with E-state index in [2.05, 4.69) is 19.5 Å². The molecule has 0 aliphatic rings. The molecule has 2 atom stereocenters. The number of rotatable bonds is 11. The van der Waals surface area contributed by atoms with Gasteiger partial charge in [0.2, 0.25) is 11.1 Å². The minimum absolute atomic E-state index is 0.275. The van der Waals surface area contributed by atoms with Gasteiger partial charge in [0.1, 0.15) is 11.9 Å². The summed E-state index contributed by atoms with van der Waals surface area (Å²) in [6.07, 6.45) is 0. The van der Waals surface area contributed by atoms with Crippen molar-refractivity contribution in [3.05, 3.63) is 10.8 Å². The molecule has 3 N–H and O–H groups in total. The van der Waals surface area contributed by atoms with Crippen LogP contribution in [-0.2, 0) is 44.7 Å². The molecule has 20 heavy (non-hydrogen) atoms. The van der Waals surface area contributed by atoms with Crippen LogP contribution in [0.25, 0.3) is 0 Å². The first-order valence-corrected chi connectivity index (χ1v) is 9.72. The molecule has 0 bridgehead atoms. The highest BCUT2D eigenvalue weighted by atomic mass is 32.3. The molecule has 0 aliphatic heterocycles. The molecule has 10 nitrogen and oxygen atoms in total. The molecule has 0 amide bonds. The Labute approximate surface area is 119 Å². The van der Waals surface area contributed by atoms with Crippen LogP contribution in [0.3, 0.4) is 0 Å². The van der Waals surface area contributed by atoms with Crippen LogP contribution in [0.5, 0.6) is 0 Å². The molecule has 0 aliphatic carbocycles. The van der Waals surface area contributed by atoms with E-state index < -0.39 is 48.3 Å². The summed E-state index contributed by atoms with van der Waals surface area (Å²) in [7, 11) is -6.10. The first-order chi connectivity index (χ1) is 9.22. The van der Waals surface area contributed by atoms with E-state index in [0.29, 0.717) is 5.41 Å². The predicted octanol–water partition coefficient (Wildman–Crippen LogP) is -1.41. The van der Waals surface area contributed by atoms with Crippen molar-refractivity contribution in [2.45, 2.75) is 0 Å². The van der Waals surface area contributed by atoms with Crippen LogP contribution in [0.2, 0.25) is 0 Å². The van der Waals surface area contributed by atoms with Gasteiger partial charge in [0.05, 0.1) is 22.1 Å². The van der Waals surface area contributed by atoms with Crippen molar-refractivity contribution >= 4 is 30.6 Å². The van der Waals surface area contributed by atoms with Gasteiger partial charge in [-0.3, -0.25) is 0 Å². The monoisotopic (exact) mass is 352 g/mol. The van der Waals surface area contributed by atoms with Gasteiger partial charge in [0.25, 0.3) is 0 Å². The molecule has 2 unspecified atom stereocenters. The lowest BCUT2D eigenvalue weighted by Gasteiger charge is -2.05. The summed E-state index contributed by atoms with van der Waals surface area (Å²) in [6.45, 7) is -0.906. The highest BCUT2D eigenvalue weighted by Crippen LogP contribution is 2.04. The number of nitrogens with one attached hydrogen (secondary N) is 2. The minimum Gasteiger partial charge on any atom is -0.371 e. The van der Waals surface area contributed by atoms with Gasteiger partial charge in [-0.1, -0.05) is 0 Å². The van der Waals surface area contributed by atoms with E-state index in [-0.39, 0.29) is 6.61 Å². The second-order valence-corrected chi connectivity index (χ2v) is 8.71. The summed E-state index contributed by atoms with van der Waals surface area (Å²) < 4.78 is 61.7. The number of hydrogen-bond donors (Lipinski definition) is 3. The molecule has 0 rings (SSSR count). The van der Waals surface area contributed by atoms with Gasteiger partial charge in [-0.05, 0) is 0 Å². The van der Waals surface area contributed by atoms with Gasteiger partial charge in [-0.15, -0.1) is 9.32 Å². The number of hydrogen-bond acceptors (Lipinski definition) is 10. The Hall–Kier alpha value is -0.410. The number of hydroxylamine groups is 1. The number of aliphatic hydroxyl groups is 1. The van der Waals surface area contributed by atoms with Crippen molar-refractivity contribution in [3.63, 3.8) is 0 Å². The van der Waals surface area contributed by atoms with Crippen molar-refractivity contribution in [3.8, 4) is 0 Å². The average molecular weight is 352 g/mol. The Morgan fingerprint density at radius 3 is 2.60 bits per heavy atom. The van der Waals surface area contributed by atoms with Crippen LogP contribution in [0, 0.1) is 4.78 Å². The first-order valence-electron chi connectivity index (χ1n) is 4.97. The summed E-state index contributed by atoms with van der Waals surface area (Å²) in [6, 6.07) is 0. The largest absolute Gasteiger partial charge is 0.371 e. The number of ether oxygens (including phenoxy) is 1. The number of aliphatic hydroxyl groups excluding tert-OH is 1. The van der Waals surface area contributed by atoms with E-state index in [1.807, 2.05) is 0 Å². The maximum atomic E-state index is 11.7.